The number of nitrogens with two attached hydrogens (primary N) is 1. The van der Waals surface area contributed by atoms with E-state index in [1.807, 2.05) is 18.2 Å². The van der Waals surface area contributed by atoms with Gasteiger partial charge in [-0.15, -0.1) is 0 Å². The van der Waals surface area contributed by atoms with E-state index in [0.29, 0.717) is 5.92 Å². The number of carbonyl (C=O) groups is 1. The highest BCUT2D eigenvalue weighted by atomic mass is 16.5. The molecule has 0 saturated carbocycles. The van der Waals surface area contributed by atoms with E-state index < -0.39 is 0 Å². The number of aromatic nitrogens is 1. The van der Waals surface area contributed by atoms with Gasteiger partial charge >= 0.3 is 0 Å². The van der Waals surface area contributed by atoms with E-state index in [9.17, 15) is 4.79 Å². The number of hydrazine groups is 1. The third-order valence-electron chi connectivity index (χ3n) is 3.41. The number of pyridine rings is 1. The molecule has 3 N–H and O–H groups in total. The van der Waals surface area contributed by atoms with Crippen LogP contribution in [0.15, 0.2) is 18.2 Å². The SMILES string of the molecule is CC(C(=O)NN)c1cccc(C2CCOCC2)n1. The maximum Gasteiger partial charge on any atom is 0.242 e. The molecule has 0 aromatic carbocycles. The van der Waals surface area contributed by atoms with Crippen LogP contribution in [-0.4, -0.2) is 24.1 Å². The molecule has 0 bridgehead atoms. The van der Waals surface area contributed by atoms with E-state index in [1.165, 1.54) is 0 Å². The number of hydrogen-bond donors (Lipinski definition) is 2. The Bertz CT molecular complexity index is 416. The van der Waals surface area contributed by atoms with Gasteiger partial charge in [-0.2, -0.15) is 0 Å². The number of amides is 1. The van der Waals surface area contributed by atoms with Gasteiger partial charge in [0.2, 0.25) is 5.91 Å². The first kappa shape index (κ1) is 13.0. The number of rotatable bonds is 3. The Morgan fingerprint density at radius 2 is 2.22 bits per heavy atom. The Morgan fingerprint density at radius 3 is 2.89 bits per heavy atom. The van der Waals surface area contributed by atoms with Crippen molar-refractivity contribution in [2.75, 3.05) is 13.2 Å². The number of ether oxygens (including phenoxy) is 1. The van der Waals surface area contributed by atoms with Crippen molar-refractivity contribution in [3.63, 3.8) is 0 Å². The third-order valence-corrected chi connectivity index (χ3v) is 3.41. The van der Waals surface area contributed by atoms with Crippen LogP contribution in [0.3, 0.4) is 0 Å². The van der Waals surface area contributed by atoms with Gasteiger partial charge < -0.3 is 4.74 Å². The number of nitrogens with one attached hydrogen (secondary N) is 1. The molecule has 1 amide bonds. The molecule has 1 aliphatic rings. The molecule has 0 spiro atoms. The molecule has 2 rings (SSSR count). The van der Waals surface area contributed by atoms with Crippen LogP contribution in [0.5, 0.6) is 0 Å². The van der Waals surface area contributed by atoms with E-state index >= 15 is 0 Å². The molecule has 0 aliphatic carbocycles. The topological polar surface area (TPSA) is 77.2 Å². The predicted molar refractivity (Wildman–Crippen MR) is 67.8 cm³/mol. The zero-order valence-corrected chi connectivity index (χ0v) is 10.6. The fourth-order valence-corrected chi connectivity index (χ4v) is 2.19. The van der Waals surface area contributed by atoms with Crippen LogP contribution >= 0.6 is 0 Å². The molecule has 5 nitrogen and oxygen atoms in total. The van der Waals surface area contributed by atoms with E-state index in [4.69, 9.17) is 10.6 Å². The van der Waals surface area contributed by atoms with Crippen molar-refractivity contribution in [3.05, 3.63) is 29.6 Å². The maximum absolute atomic E-state index is 11.5. The lowest BCUT2D eigenvalue weighted by molar-refractivity contribution is -0.122. The second kappa shape index (κ2) is 5.93. The Hall–Kier alpha value is -1.46. The maximum atomic E-state index is 11.5. The summed E-state index contributed by atoms with van der Waals surface area (Å²) in [6, 6.07) is 5.84. The summed E-state index contributed by atoms with van der Waals surface area (Å²) in [6.45, 7) is 3.38. The highest BCUT2D eigenvalue weighted by Gasteiger charge is 2.20. The molecule has 2 heterocycles. The molecule has 1 aliphatic heterocycles. The molecule has 1 aromatic rings. The normalized spacial score (nSPS) is 18.3. The van der Waals surface area contributed by atoms with Crippen LogP contribution in [0.2, 0.25) is 0 Å². The van der Waals surface area contributed by atoms with Crippen LogP contribution in [0.4, 0.5) is 0 Å². The number of nitrogens with zero attached hydrogens (tertiary/aromatic N) is 1. The van der Waals surface area contributed by atoms with Crippen molar-refractivity contribution < 1.29 is 9.53 Å². The first-order valence-corrected chi connectivity index (χ1v) is 6.27. The Labute approximate surface area is 107 Å². The molecule has 0 radical (unpaired) electrons. The summed E-state index contributed by atoms with van der Waals surface area (Å²) in [5.74, 6) is 5.04. The highest BCUT2D eigenvalue weighted by molar-refractivity contribution is 5.82. The van der Waals surface area contributed by atoms with Crippen molar-refractivity contribution in [2.45, 2.75) is 31.6 Å². The zero-order valence-electron chi connectivity index (χ0n) is 10.6. The van der Waals surface area contributed by atoms with E-state index in [0.717, 1.165) is 37.4 Å². The monoisotopic (exact) mass is 249 g/mol. The Balaban J connectivity index is 2.16. The summed E-state index contributed by atoms with van der Waals surface area (Å²) in [7, 11) is 0. The fourth-order valence-electron chi connectivity index (χ4n) is 2.19. The van der Waals surface area contributed by atoms with Gasteiger partial charge in [0.15, 0.2) is 0 Å². The van der Waals surface area contributed by atoms with Crippen molar-refractivity contribution in [1.82, 2.24) is 10.4 Å². The van der Waals surface area contributed by atoms with Gasteiger partial charge in [-0.1, -0.05) is 6.07 Å². The van der Waals surface area contributed by atoms with Gasteiger partial charge in [0, 0.05) is 24.8 Å². The van der Waals surface area contributed by atoms with Crippen molar-refractivity contribution in [3.8, 4) is 0 Å². The average Bonchev–Trinajstić information content (AvgIpc) is 2.46. The molecule has 98 valence electrons. The highest BCUT2D eigenvalue weighted by Crippen LogP contribution is 2.26. The van der Waals surface area contributed by atoms with E-state index in [-0.39, 0.29) is 11.8 Å². The molecular formula is C13H19N3O2. The van der Waals surface area contributed by atoms with Crippen molar-refractivity contribution >= 4 is 5.91 Å². The smallest absolute Gasteiger partial charge is 0.242 e. The summed E-state index contributed by atoms with van der Waals surface area (Å²) >= 11 is 0. The number of carbonyl (C=O) groups excluding carboxylic acids is 1. The lowest BCUT2D eigenvalue weighted by Crippen LogP contribution is -2.34. The molecule has 1 fully saturated rings. The summed E-state index contributed by atoms with van der Waals surface area (Å²) in [4.78, 5) is 16.1. The fraction of sp³-hybridized carbons (Fsp3) is 0.538. The number of hydrogen-bond acceptors (Lipinski definition) is 4. The second-order valence-corrected chi connectivity index (χ2v) is 4.60. The molecule has 1 atom stereocenters. The predicted octanol–water partition coefficient (Wildman–Crippen LogP) is 1.07. The van der Waals surface area contributed by atoms with Gasteiger partial charge in [-0.05, 0) is 31.9 Å². The van der Waals surface area contributed by atoms with Gasteiger partial charge in [0.05, 0.1) is 11.6 Å². The summed E-state index contributed by atoms with van der Waals surface area (Å²) in [5.41, 5.74) is 3.98. The van der Waals surface area contributed by atoms with Gasteiger partial charge in [-0.3, -0.25) is 15.2 Å². The Kier molecular flexibility index (Phi) is 4.28. The first-order valence-electron chi connectivity index (χ1n) is 6.27. The minimum atomic E-state index is -0.324. The van der Waals surface area contributed by atoms with E-state index in [2.05, 4.69) is 10.4 Å². The van der Waals surface area contributed by atoms with Gasteiger partial charge in [-0.25, -0.2) is 5.84 Å². The largest absolute Gasteiger partial charge is 0.381 e. The first-order chi connectivity index (χ1) is 8.72. The minimum Gasteiger partial charge on any atom is -0.381 e. The quantitative estimate of drug-likeness (QED) is 0.477. The lowest BCUT2D eigenvalue weighted by Gasteiger charge is -2.22. The van der Waals surface area contributed by atoms with Crippen LogP contribution in [0.25, 0.3) is 0 Å². The Morgan fingerprint density at radius 1 is 1.50 bits per heavy atom. The van der Waals surface area contributed by atoms with Crippen LogP contribution in [0, 0.1) is 0 Å². The molecule has 5 heteroatoms. The van der Waals surface area contributed by atoms with Crippen LogP contribution in [0.1, 0.15) is 43.0 Å². The molecular weight excluding hydrogens is 230 g/mol. The summed E-state index contributed by atoms with van der Waals surface area (Å²) in [5, 5.41) is 0. The van der Waals surface area contributed by atoms with Gasteiger partial charge in [0.1, 0.15) is 0 Å². The van der Waals surface area contributed by atoms with Crippen molar-refractivity contribution in [2.24, 2.45) is 5.84 Å². The summed E-state index contributed by atoms with van der Waals surface area (Å²) < 4.78 is 5.35. The lowest BCUT2D eigenvalue weighted by atomic mass is 9.95. The van der Waals surface area contributed by atoms with Crippen LogP contribution < -0.4 is 11.3 Å². The zero-order chi connectivity index (χ0) is 13.0. The van der Waals surface area contributed by atoms with Crippen LogP contribution in [-0.2, 0) is 9.53 Å². The molecule has 1 saturated heterocycles. The second-order valence-electron chi connectivity index (χ2n) is 4.60. The minimum absolute atomic E-state index is 0.216. The molecule has 1 unspecified atom stereocenters. The molecule has 18 heavy (non-hydrogen) atoms. The molecule has 1 aromatic heterocycles. The standard InChI is InChI=1S/C13H19N3O2/c1-9(13(17)16-14)11-3-2-4-12(15-11)10-5-7-18-8-6-10/h2-4,9-10H,5-8,14H2,1H3,(H,16,17). The average molecular weight is 249 g/mol. The third kappa shape index (κ3) is 2.86. The summed E-state index contributed by atoms with van der Waals surface area (Å²) in [6.07, 6.45) is 1.99. The van der Waals surface area contributed by atoms with Crippen molar-refractivity contribution in [1.29, 1.82) is 0 Å². The van der Waals surface area contributed by atoms with E-state index in [1.54, 1.807) is 6.92 Å². The van der Waals surface area contributed by atoms with Gasteiger partial charge in [0.25, 0.3) is 0 Å².